The summed E-state index contributed by atoms with van der Waals surface area (Å²) < 4.78 is 5.75. The maximum absolute atomic E-state index is 5.75. The molecule has 1 aliphatic carbocycles. The van der Waals surface area contributed by atoms with Crippen LogP contribution in [-0.2, 0) is 4.74 Å². The highest BCUT2D eigenvalue weighted by Crippen LogP contribution is 2.22. The van der Waals surface area contributed by atoms with Crippen molar-refractivity contribution >= 4 is 0 Å². The molecule has 1 saturated carbocycles. The largest absolute Gasteiger partial charge is 0.376 e. The molecule has 1 N–H and O–H groups in total. The second-order valence-electron chi connectivity index (χ2n) is 6.41. The van der Waals surface area contributed by atoms with Gasteiger partial charge >= 0.3 is 0 Å². The summed E-state index contributed by atoms with van der Waals surface area (Å²) in [6.07, 6.45) is 8.85. The third kappa shape index (κ3) is 5.05. The Balaban J connectivity index is 1.60. The Labute approximate surface area is 119 Å². The first-order valence-corrected chi connectivity index (χ1v) is 8.36. The second-order valence-corrected chi connectivity index (χ2v) is 6.41. The van der Waals surface area contributed by atoms with Gasteiger partial charge in [0.25, 0.3) is 0 Å². The molecule has 0 aromatic carbocycles. The zero-order valence-electron chi connectivity index (χ0n) is 12.9. The van der Waals surface area contributed by atoms with Crippen molar-refractivity contribution in [3.05, 3.63) is 0 Å². The lowest BCUT2D eigenvalue weighted by molar-refractivity contribution is -0.0551. The molecule has 0 amide bonds. The van der Waals surface area contributed by atoms with Crippen LogP contribution in [-0.4, -0.2) is 49.8 Å². The minimum absolute atomic E-state index is 0.404. The number of ether oxygens (including phenoxy) is 1. The van der Waals surface area contributed by atoms with Crippen LogP contribution in [0.25, 0.3) is 0 Å². The van der Waals surface area contributed by atoms with E-state index in [9.17, 15) is 0 Å². The van der Waals surface area contributed by atoms with Crippen molar-refractivity contribution in [3.63, 3.8) is 0 Å². The monoisotopic (exact) mass is 268 g/mol. The molecule has 2 atom stereocenters. The van der Waals surface area contributed by atoms with Crippen molar-refractivity contribution in [1.29, 1.82) is 0 Å². The van der Waals surface area contributed by atoms with Crippen molar-refractivity contribution in [2.45, 2.75) is 64.5 Å². The summed E-state index contributed by atoms with van der Waals surface area (Å²) in [5.74, 6) is 0.944. The van der Waals surface area contributed by atoms with Crippen LogP contribution in [0.2, 0.25) is 0 Å². The SMILES string of the molecule is CCC1COC(C)CN1CCNCC1CCCCC1. The summed E-state index contributed by atoms with van der Waals surface area (Å²) in [7, 11) is 0. The molecular weight excluding hydrogens is 236 g/mol. The standard InChI is InChI=1S/C16H32N2O/c1-3-16-13-19-14(2)12-18(16)10-9-17-11-15-7-5-4-6-8-15/h14-17H,3-13H2,1-2H3. The Bertz CT molecular complexity index is 241. The molecule has 3 nitrogen and oxygen atoms in total. The number of hydrogen-bond donors (Lipinski definition) is 1. The summed E-state index contributed by atoms with van der Waals surface area (Å²) in [4.78, 5) is 2.61. The van der Waals surface area contributed by atoms with Crippen molar-refractivity contribution in [1.82, 2.24) is 10.2 Å². The van der Waals surface area contributed by atoms with E-state index in [-0.39, 0.29) is 0 Å². The second kappa shape index (κ2) is 8.23. The Hall–Kier alpha value is -0.120. The van der Waals surface area contributed by atoms with E-state index in [1.54, 1.807) is 0 Å². The summed E-state index contributed by atoms with van der Waals surface area (Å²) in [6.45, 7) is 10.0. The van der Waals surface area contributed by atoms with E-state index in [1.165, 1.54) is 51.6 Å². The van der Waals surface area contributed by atoms with Crippen molar-refractivity contribution in [3.8, 4) is 0 Å². The first-order chi connectivity index (χ1) is 9.29. The highest BCUT2D eigenvalue weighted by Gasteiger charge is 2.24. The van der Waals surface area contributed by atoms with Gasteiger partial charge in [0.2, 0.25) is 0 Å². The molecule has 0 aromatic heterocycles. The lowest BCUT2D eigenvalue weighted by Crippen LogP contribution is -2.50. The van der Waals surface area contributed by atoms with Crippen molar-refractivity contribution in [2.75, 3.05) is 32.8 Å². The Kier molecular flexibility index (Phi) is 6.62. The Morgan fingerprint density at radius 3 is 2.74 bits per heavy atom. The molecule has 1 saturated heterocycles. The summed E-state index contributed by atoms with van der Waals surface area (Å²) in [5.41, 5.74) is 0. The third-order valence-electron chi connectivity index (χ3n) is 4.79. The molecule has 2 unspecified atom stereocenters. The zero-order chi connectivity index (χ0) is 13.5. The lowest BCUT2D eigenvalue weighted by atomic mass is 9.89. The number of hydrogen-bond acceptors (Lipinski definition) is 3. The van der Waals surface area contributed by atoms with E-state index in [0.29, 0.717) is 12.1 Å². The van der Waals surface area contributed by atoms with Crippen LogP contribution in [0.15, 0.2) is 0 Å². The van der Waals surface area contributed by atoms with Crippen LogP contribution >= 0.6 is 0 Å². The Morgan fingerprint density at radius 2 is 2.00 bits per heavy atom. The average Bonchev–Trinajstić information content (AvgIpc) is 2.45. The maximum atomic E-state index is 5.75. The van der Waals surface area contributed by atoms with Gasteiger partial charge in [0.1, 0.15) is 0 Å². The van der Waals surface area contributed by atoms with Gasteiger partial charge in [-0.15, -0.1) is 0 Å². The molecular formula is C16H32N2O. The predicted octanol–water partition coefficient (Wildman–Crippen LogP) is 2.66. The first kappa shape index (κ1) is 15.3. The van der Waals surface area contributed by atoms with Gasteiger partial charge in [0.05, 0.1) is 12.7 Å². The van der Waals surface area contributed by atoms with Crippen LogP contribution < -0.4 is 5.32 Å². The molecule has 112 valence electrons. The molecule has 0 aromatic rings. The van der Waals surface area contributed by atoms with Crippen LogP contribution in [0.5, 0.6) is 0 Å². The Morgan fingerprint density at radius 1 is 1.21 bits per heavy atom. The quantitative estimate of drug-likeness (QED) is 0.750. The molecule has 2 aliphatic rings. The minimum atomic E-state index is 0.404. The summed E-state index contributed by atoms with van der Waals surface area (Å²) in [5, 5.41) is 3.68. The fourth-order valence-electron chi connectivity index (χ4n) is 3.48. The molecule has 2 rings (SSSR count). The van der Waals surface area contributed by atoms with E-state index in [2.05, 4.69) is 24.1 Å². The van der Waals surface area contributed by atoms with Crippen molar-refractivity contribution in [2.24, 2.45) is 5.92 Å². The molecule has 1 aliphatic heterocycles. The van der Waals surface area contributed by atoms with Crippen LogP contribution in [0.3, 0.4) is 0 Å². The van der Waals surface area contributed by atoms with Gasteiger partial charge in [-0.05, 0) is 38.6 Å². The minimum Gasteiger partial charge on any atom is -0.376 e. The van der Waals surface area contributed by atoms with Crippen LogP contribution in [0, 0.1) is 5.92 Å². The van der Waals surface area contributed by atoms with E-state index in [4.69, 9.17) is 4.74 Å². The van der Waals surface area contributed by atoms with E-state index < -0.39 is 0 Å². The number of rotatable bonds is 6. The van der Waals surface area contributed by atoms with E-state index >= 15 is 0 Å². The normalized spacial score (nSPS) is 30.6. The van der Waals surface area contributed by atoms with Gasteiger partial charge in [-0.2, -0.15) is 0 Å². The smallest absolute Gasteiger partial charge is 0.0674 e. The highest BCUT2D eigenvalue weighted by atomic mass is 16.5. The summed E-state index contributed by atoms with van der Waals surface area (Å²) in [6, 6.07) is 0.632. The van der Waals surface area contributed by atoms with Gasteiger partial charge in [0.15, 0.2) is 0 Å². The fourth-order valence-corrected chi connectivity index (χ4v) is 3.48. The lowest BCUT2D eigenvalue weighted by Gasteiger charge is -2.38. The van der Waals surface area contributed by atoms with Crippen molar-refractivity contribution < 1.29 is 4.74 Å². The number of nitrogens with one attached hydrogen (secondary N) is 1. The predicted molar refractivity (Wildman–Crippen MR) is 80.5 cm³/mol. The first-order valence-electron chi connectivity index (χ1n) is 8.36. The van der Waals surface area contributed by atoms with Gasteiger partial charge < -0.3 is 10.1 Å². The molecule has 1 heterocycles. The van der Waals surface area contributed by atoms with E-state index in [1.807, 2.05) is 0 Å². The van der Waals surface area contributed by atoms with Gasteiger partial charge in [-0.1, -0.05) is 26.2 Å². The van der Waals surface area contributed by atoms with Gasteiger partial charge in [-0.25, -0.2) is 0 Å². The molecule has 0 bridgehead atoms. The fraction of sp³-hybridized carbons (Fsp3) is 1.00. The van der Waals surface area contributed by atoms with Crippen LogP contribution in [0.1, 0.15) is 52.4 Å². The molecule has 3 heteroatoms. The van der Waals surface area contributed by atoms with Gasteiger partial charge in [0, 0.05) is 25.7 Å². The van der Waals surface area contributed by atoms with Gasteiger partial charge in [-0.3, -0.25) is 4.90 Å². The summed E-state index contributed by atoms with van der Waals surface area (Å²) >= 11 is 0. The number of morpholine rings is 1. The molecule has 0 radical (unpaired) electrons. The highest BCUT2D eigenvalue weighted by molar-refractivity contribution is 4.78. The molecule has 2 fully saturated rings. The average molecular weight is 268 g/mol. The van der Waals surface area contributed by atoms with E-state index in [0.717, 1.165) is 25.6 Å². The maximum Gasteiger partial charge on any atom is 0.0674 e. The van der Waals surface area contributed by atoms with Crippen LogP contribution in [0.4, 0.5) is 0 Å². The molecule has 19 heavy (non-hydrogen) atoms. The zero-order valence-corrected chi connectivity index (χ0v) is 12.9. The molecule has 0 spiro atoms. The topological polar surface area (TPSA) is 24.5 Å². The number of nitrogens with zero attached hydrogens (tertiary/aromatic N) is 1. The third-order valence-corrected chi connectivity index (χ3v) is 4.79.